The molecule has 7 nitrogen and oxygen atoms in total. The van der Waals surface area contributed by atoms with Crippen molar-refractivity contribution in [1.82, 2.24) is 4.90 Å². The van der Waals surface area contributed by atoms with Crippen molar-refractivity contribution < 1.29 is 32.3 Å². The molecule has 4 atom stereocenters. The minimum Gasteiger partial charge on any atom is -0.497 e. The van der Waals surface area contributed by atoms with Gasteiger partial charge in [-0.2, -0.15) is 13.2 Å². The summed E-state index contributed by atoms with van der Waals surface area (Å²) in [6.45, 7) is 2.27. The lowest BCUT2D eigenvalue weighted by Crippen LogP contribution is -2.55. The first-order chi connectivity index (χ1) is 14.3. The molecule has 30 heavy (non-hydrogen) atoms. The summed E-state index contributed by atoms with van der Waals surface area (Å²) in [6, 6.07) is 2.53. The Morgan fingerprint density at radius 2 is 2.00 bits per heavy atom. The van der Waals surface area contributed by atoms with Crippen molar-refractivity contribution in [2.45, 2.75) is 37.1 Å². The molecule has 0 saturated carbocycles. The Labute approximate surface area is 171 Å². The van der Waals surface area contributed by atoms with Gasteiger partial charge in [0.25, 0.3) is 12.1 Å². The van der Waals surface area contributed by atoms with Crippen molar-refractivity contribution in [3.8, 4) is 11.5 Å². The summed E-state index contributed by atoms with van der Waals surface area (Å²) in [5.74, 6) is -0.959. The van der Waals surface area contributed by atoms with Crippen molar-refractivity contribution in [3.05, 3.63) is 45.6 Å². The summed E-state index contributed by atoms with van der Waals surface area (Å²) in [4.78, 5) is 13.2. The van der Waals surface area contributed by atoms with E-state index in [9.17, 15) is 23.3 Å². The van der Waals surface area contributed by atoms with Crippen molar-refractivity contribution >= 4 is 0 Å². The number of morpholine rings is 1. The summed E-state index contributed by atoms with van der Waals surface area (Å²) in [5.41, 5.74) is 1.26. The summed E-state index contributed by atoms with van der Waals surface area (Å²) in [7, 11) is 1.44. The number of rotatable bonds is 4. The SMILES string of the molecule is COc1ccc2c(c1)[C@@H]([C@H]1CCC=C1N1CCOCC1)[C@H]([N+](=O)[O-])[C@@H](C(F)(F)F)O2. The Hall–Kier alpha value is -2.49. The molecular formula is C20H23F3N2O5. The molecule has 2 aliphatic heterocycles. The third-order valence-electron chi connectivity index (χ3n) is 6.09. The Bertz CT molecular complexity index is 838. The number of allylic oxidation sites excluding steroid dienone is 2. The topological polar surface area (TPSA) is 74.1 Å². The molecule has 1 aromatic rings. The standard InChI is InChI=1S/C20H23F3N2O5/c1-28-12-5-6-16-14(11-12)17(18(25(26)27)19(30-16)20(21,22)23)13-3-2-4-15(13)24-7-9-29-10-8-24/h4-6,11,13,17-19H,2-3,7-10H2,1H3/t13-,17+,18-,19-/m0/s1. The van der Waals surface area contributed by atoms with Crippen molar-refractivity contribution in [2.24, 2.45) is 5.92 Å². The van der Waals surface area contributed by atoms with E-state index in [2.05, 4.69) is 4.90 Å². The van der Waals surface area contributed by atoms with E-state index in [1.807, 2.05) is 6.08 Å². The molecule has 1 aliphatic carbocycles. The molecule has 1 fully saturated rings. The van der Waals surface area contributed by atoms with Gasteiger partial charge in [0, 0.05) is 35.2 Å². The number of nitro groups is 1. The van der Waals surface area contributed by atoms with E-state index in [0.29, 0.717) is 50.5 Å². The molecule has 4 rings (SSSR count). The Balaban J connectivity index is 1.81. The lowest BCUT2D eigenvalue weighted by molar-refractivity contribution is -0.550. The zero-order valence-electron chi connectivity index (χ0n) is 16.4. The number of halogens is 3. The van der Waals surface area contributed by atoms with Crippen LogP contribution in [-0.2, 0) is 4.74 Å². The van der Waals surface area contributed by atoms with E-state index in [1.54, 1.807) is 6.07 Å². The molecule has 0 amide bonds. The minimum atomic E-state index is -4.87. The molecule has 0 radical (unpaired) electrons. The smallest absolute Gasteiger partial charge is 0.432 e. The van der Waals surface area contributed by atoms with Gasteiger partial charge in [-0.1, -0.05) is 6.08 Å². The fraction of sp³-hybridized carbons (Fsp3) is 0.600. The monoisotopic (exact) mass is 428 g/mol. The van der Waals surface area contributed by atoms with Gasteiger partial charge in [0.1, 0.15) is 11.5 Å². The lowest BCUT2D eigenvalue weighted by atomic mass is 9.74. The fourth-order valence-electron chi connectivity index (χ4n) is 4.82. The van der Waals surface area contributed by atoms with Crippen LogP contribution in [0.3, 0.4) is 0 Å². The predicted octanol–water partition coefficient (Wildman–Crippen LogP) is 3.37. The first-order valence-electron chi connectivity index (χ1n) is 9.89. The van der Waals surface area contributed by atoms with Crippen molar-refractivity contribution in [1.29, 1.82) is 0 Å². The van der Waals surface area contributed by atoms with Crippen LogP contribution < -0.4 is 9.47 Å². The second kappa shape index (κ2) is 7.98. The van der Waals surface area contributed by atoms with Crippen LogP contribution in [0.5, 0.6) is 11.5 Å². The van der Waals surface area contributed by atoms with Crippen LogP contribution in [0.25, 0.3) is 0 Å². The van der Waals surface area contributed by atoms with E-state index in [1.165, 1.54) is 19.2 Å². The van der Waals surface area contributed by atoms with Crippen LogP contribution in [0.4, 0.5) is 13.2 Å². The Morgan fingerprint density at radius 1 is 1.27 bits per heavy atom. The number of alkyl halides is 3. The van der Waals surface area contributed by atoms with Gasteiger partial charge in [0.05, 0.1) is 26.2 Å². The van der Waals surface area contributed by atoms with Gasteiger partial charge in [-0.05, 0) is 31.0 Å². The van der Waals surface area contributed by atoms with E-state index < -0.39 is 35.1 Å². The molecule has 0 N–H and O–H groups in total. The van der Waals surface area contributed by atoms with Crippen molar-refractivity contribution in [2.75, 3.05) is 33.4 Å². The maximum absolute atomic E-state index is 13.8. The summed E-state index contributed by atoms with van der Waals surface area (Å²) in [6.07, 6.45) is -4.18. The third-order valence-corrected chi connectivity index (χ3v) is 6.09. The average molecular weight is 428 g/mol. The molecule has 0 bridgehead atoms. The summed E-state index contributed by atoms with van der Waals surface area (Å²) >= 11 is 0. The predicted molar refractivity (Wildman–Crippen MR) is 100 cm³/mol. The van der Waals surface area contributed by atoms with Crippen LogP contribution >= 0.6 is 0 Å². The maximum atomic E-state index is 13.8. The highest BCUT2D eigenvalue weighted by atomic mass is 19.4. The second-order valence-electron chi connectivity index (χ2n) is 7.70. The number of hydrogen-bond donors (Lipinski definition) is 0. The largest absolute Gasteiger partial charge is 0.497 e. The molecule has 164 valence electrons. The highest BCUT2D eigenvalue weighted by Crippen LogP contribution is 2.51. The molecular weight excluding hydrogens is 405 g/mol. The zero-order valence-corrected chi connectivity index (χ0v) is 16.4. The number of nitrogens with zero attached hydrogens (tertiary/aromatic N) is 2. The van der Waals surface area contributed by atoms with Gasteiger partial charge in [-0.15, -0.1) is 0 Å². The highest BCUT2D eigenvalue weighted by Gasteiger charge is 2.61. The summed E-state index contributed by atoms with van der Waals surface area (Å²) in [5, 5.41) is 12.0. The van der Waals surface area contributed by atoms with E-state index >= 15 is 0 Å². The third kappa shape index (κ3) is 3.68. The first-order valence-corrected chi connectivity index (χ1v) is 9.89. The van der Waals surface area contributed by atoms with Gasteiger partial charge in [-0.3, -0.25) is 10.1 Å². The van der Waals surface area contributed by atoms with Crippen molar-refractivity contribution in [3.63, 3.8) is 0 Å². The molecule has 0 spiro atoms. The summed E-state index contributed by atoms with van der Waals surface area (Å²) < 4.78 is 57.2. The quantitative estimate of drug-likeness (QED) is 0.541. The van der Waals surface area contributed by atoms with Crippen LogP contribution in [0, 0.1) is 16.0 Å². The van der Waals surface area contributed by atoms with Gasteiger partial charge >= 0.3 is 6.18 Å². The number of ether oxygens (including phenoxy) is 3. The maximum Gasteiger partial charge on any atom is 0.432 e. The number of fused-ring (bicyclic) bond motifs is 1. The Morgan fingerprint density at radius 3 is 2.63 bits per heavy atom. The van der Waals surface area contributed by atoms with Gasteiger partial charge in [0.15, 0.2) is 0 Å². The average Bonchev–Trinajstić information content (AvgIpc) is 3.21. The van der Waals surface area contributed by atoms with Crippen LogP contribution in [0.15, 0.2) is 30.0 Å². The molecule has 1 aromatic carbocycles. The molecule has 0 aromatic heterocycles. The van der Waals surface area contributed by atoms with E-state index in [0.717, 1.165) is 5.70 Å². The molecule has 1 saturated heterocycles. The number of hydrogen-bond acceptors (Lipinski definition) is 6. The first kappa shape index (κ1) is 20.8. The molecule has 0 unspecified atom stereocenters. The number of methoxy groups -OCH3 is 1. The van der Waals surface area contributed by atoms with Crippen LogP contribution in [-0.4, -0.2) is 61.6 Å². The Kier molecular flexibility index (Phi) is 5.52. The van der Waals surface area contributed by atoms with E-state index in [-0.39, 0.29) is 5.75 Å². The normalized spacial score (nSPS) is 29.1. The van der Waals surface area contributed by atoms with Gasteiger partial charge in [0.2, 0.25) is 0 Å². The second-order valence-corrected chi connectivity index (χ2v) is 7.70. The lowest BCUT2D eigenvalue weighted by Gasteiger charge is -2.41. The number of benzene rings is 1. The van der Waals surface area contributed by atoms with E-state index in [4.69, 9.17) is 14.2 Å². The van der Waals surface area contributed by atoms with Crippen LogP contribution in [0.1, 0.15) is 24.3 Å². The molecule has 2 heterocycles. The fourth-order valence-corrected chi connectivity index (χ4v) is 4.82. The van der Waals surface area contributed by atoms with Gasteiger partial charge < -0.3 is 19.1 Å². The van der Waals surface area contributed by atoms with Gasteiger partial charge in [-0.25, -0.2) is 0 Å². The molecule has 3 aliphatic rings. The molecule has 10 heteroatoms. The highest BCUT2D eigenvalue weighted by molar-refractivity contribution is 5.46. The minimum absolute atomic E-state index is 0.0226. The van der Waals surface area contributed by atoms with Crippen LogP contribution in [0.2, 0.25) is 0 Å². The zero-order chi connectivity index (χ0) is 21.5.